The number of rotatable bonds is 6. The average Bonchev–Trinajstić information content (AvgIpc) is 2.69. The first-order chi connectivity index (χ1) is 13.4. The summed E-state index contributed by atoms with van der Waals surface area (Å²) in [6.45, 7) is 4.64. The van der Waals surface area contributed by atoms with E-state index in [1.165, 1.54) is 6.07 Å². The number of amides is 2. The Balaban J connectivity index is 1.80. The molecule has 1 aliphatic rings. The number of benzene rings is 2. The van der Waals surface area contributed by atoms with Gasteiger partial charge in [0.25, 0.3) is 0 Å². The van der Waals surface area contributed by atoms with Gasteiger partial charge in [0.15, 0.2) is 0 Å². The van der Waals surface area contributed by atoms with Gasteiger partial charge in [-0.05, 0) is 30.0 Å². The number of nitrogens with zero attached hydrogens (tertiary/aromatic N) is 1. The van der Waals surface area contributed by atoms with Gasteiger partial charge >= 0.3 is 0 Å². The molecule has 1 aliphatic heterocycles. The van der Waals surface area contributed by atoms with E-state index in [4.69, 9.17) is 0 Å². The van der Waals surface area contributed by atoms with Gasteiger partial charge < -0.3 is 10.2 Å². The highest BCUT2D eigenvalue weighted by Crippen LogP contribution is 2.28. The van der Waals surface area contributed by atoms with E-state index in [1.807, 2.05) is 44.2 Å². The van der Waals surface area contributed by atoms with Crippen LogP contribution < -0.4 is 5.32 Å². The number of likely N-dealkylation sites (tertiary alicyclic amines) is 1. The number of piperidine rings is 1. The Labute approximate surface area is 165 Å². The monoisotopic (exact) mass is 382 g/mol. The number of halogens is 1. The number of carbonyl (C=O) groups excluding carboxylic acids is 2. The third kappa shape index (κ3) is 4.41. The molecule has 148 valence electrons. The predicted octanol–water partition coefficient (Wildman–Crippen LogP) is 3.97. The van der Waals surface area contributed by atoms with E-state index in [-0.39, 0.29) is 24.2 Å². The molecule has 1 saturated heterocycles. The lowest BCUT2D eigenvalue weighted by atomic mass is 9.84. The molecule has 0 saturated carbocycles. The average molecular weight is 382 g/mol. The van der Waals surface area contributed by atoms with Crippen molar-refractivity contribution in [3.8, 4) is 0 Å². The third-order valence-electron chi connectivity index (χ3n) is 5.34. The molecule has 2 aromatic carbocycles. The Morgan fingerprint density at radius 2 is 1.79 bits per heavy atom. The zero-order chi connectivity index (χ0) is 20.1. The fraction of sp³-hybridized carbons (Fsp3) is 0.391. The lowest BCUT2D eigenvalue weighted by Crippen LogP contribution is -2.48. The smallest absolute Gasteiger partial charge is 0.247 e. The fourth-order valence-electron chi connectivity index (χ4n) is 3.72. The second-order valence-corrected chi connectivity index (χ2v) is 7.94. The van der Waals surface area contributed by atoms with Crippen LogP contribution in [0.25, 0.3) is 0 Å². The minimum atomic E-state index is -0.662. The molecule has 1 heterocycles. The van der Waals surface area contributed by atoms with Gasteiger partial charge in [0, 0.05) is 24.9 Å². The van der Waals surface area contributed by atoms with Crippen molar-refractivity contribution in [3.05, 3.63) is 71.5 Å². The molecule has 1 unspecified atom stereocenters. The Morgan fingerprint density at radius 1 is 1.11 bits per heavy atom. The van der Waals surface area contributed by atoms with Crippen molar-refractivity contribution >= 4 is 11.8 Å². The summed E-state index contributed by atoms with van der Waals surface area (Å²) in [5.41, 5.74) is 0.772. The molecule has 0 aromatic heterocycles. The molecule has 3 rings (SSSR count). The highest BCUT2D eigenvalue weighted by molar-refractivity contribution is 5.89. The van der Waals surface area contributed by atoms with Gasteiger partial charge in [-0.3, -0.25) is 9.59 Å². The molecular formula is C23H27FN2O2. The van der Waals surface area contributed by atoms with Crippen LogP contribution in [-0.4, -0.2) is 29.8 Å². The molecule has 2 aromatic rings. The lowest BCUT2D eigenvalue weighted by Gasteiger charge is -2.35. The third-order valence-corrected chi connectivity index (χ3v) is 5.34. The Kier molecular flexibility index (Phi) is 6.12. The van der Waals surface area contributed by atoms with E-state index in [2.05, 4.69) is 5.32 Å². The van der Waals surface area contributed by atoms with Crippen LogP contribution in [0.3, 0.4) is 0 Å². The van der Waals surface area contributed by atoms with Crippen LogP contribution in [0.2, 0.25) is 0 Å². The minimum absolute atomic E-state index is 0.00335. The van der Waals surface area contributed by atoms with Gasteiger partial charge in [-0.15, -0.1) is 0 Å². The first kappa shape index (κ1) is 20.1. The number of hydrogen-bond acceptors (Lipinski definition) is 2. The number of carbonyl (C=O) groups is 2. The highest BCUT2D eigenvalue weighted by atomic mass is 19.1. The summed E-state index contributed by atoms with van der Waals surface area (Å²) in [4.78, 5) is 27.3. The normalized spacial score (nSPS) is 16.0. The van der Waals surface area contributed by atoms with Crippen molar-refractivity contribution in [3.63, 3.8) is 0 Å². The lowest BCUT2D eigenvalue weighted by molar-refractivity contribution is -0.142. The van der Waals surface area contributed by atoms with Crippen LogP contribution in [-0.2, 0) is 15.0 Å². The Hall–Kier alpha value is -2.69. The molecule has 5 heteroatoms. The van der Waals surface area contributed by atoms with E-state index < -0.39 is 11.5 Å². The van der Waals surface area contributed by atoms with Crippen molar-refractivity contribution in [1.82, 2.24) is 10.2 Å². The van der Waals surface area contributed by atoms with Crippen LogP contribution in [0.15, 0.2) is 54.6 Å². The molecule has 1 atom stereocenters. The summed E-state index contributed by atoms with van der Waals surface area (Å²) < 4.78 is 14.2. The van der Waals surface area contributed by atoms with Gasteiger partial charge in [-0.1, -0.05) is 62.4 Å². The SMILES string of the molecule is CC(C)(CNC(=O)C(c1ccccc1)N1CCCCC1=O)c1ccccc1F. The molecule has 28 heavy (non-hydrogen) atoms. The summed E-state index contributed by atoms with van der Waals surface area (Å²) in [6.07, 6.45) is 2.22. The Morgan fingerprint density at radius 3 is 2.46 bits per heavy atom. The number of hydrogen-bond donors (Lipinski definition) is 1. The Bertz CT molecular complexity index is 836. The molecule has 0 spiro atoms. The van der Waals surface area contributed by atoms with Gasteiger partial charge in [0.2, 0.25) is 11.8 Å². The molecular weight excluding hydrogens is 355 g/mol. The summed E-state index contributed by atoms with van der Waals surface area (Å²) in [6, 6.07) is 15.3. The second-order valence-electron chi connectivity index (χ2n) is 7.94. The molecule has 1 N–H and O–H groups in total. The first-order valence-corrected chi connectivity index (χ1v) is 9.77. The quantitative estimate of drug-likeness (QED) is 0.822. The van der Waals surface area contributed by atoms with Crippen LogP contribution in [0, 0.1) is 5.82 Å². The molecule has 4 nitrogen and oxygen atoms in total. The number of nitrogens with one attached hydrogen (secondary N) is 1. The first-order valence-electron chi connectivity index (χ1n) is 9.77. The van der Waals surface area contributed by atoms with Crippen molar-refractivity contribution in [2.24, 2.45) is 0 Å². The predicted molar refractivity (Wildman–Crippen MR) is 107 cm³/mol. The van der Waals surface area contributed by atoms with Gasteiger partial charge in [0.05, 0.1) is 0 Å². The standard InChI is InChI=1S/C23H27FN2O2/c1-23(2,18-12-6-7-13-19(18)24)16-25-22(28)21(17-10-4-3-5-11-17)26-15-9-8-14-20(26)27/h3-7,10-13,21H,8-9,14-16H2,1-2H3,(H,25,28). The summed E-state index contributed by atoms with van der Waals surface area (Å²) >= 11 is 0. The van der Waals surface area contributed by atoms with Crippen LogP contribution in [0.5, 0.6) is 0 Å². The fourth-order valence-corrected chi connectivity index (χ4v) is 3.72. The van der Waals surface area contributed by atoms with Gasteiger partial charge in [0.1, 0.15) is 11.9 Å². The molecule has 0 radical (unpaired) electrons. The maximum atomic E-state index is 14.2. The van der Waals surface area contributed by atoms with Crippen molar-refractivity contribution in [2.45, 2.75) is 44.6 Å². The van der Waals surface area contributed by atoms with Crippen LogP contribution >= 0.6 is 0 Å². The largest absolute Gasteiger partial charge is 0.353 e. The molecule has 0 bridgehead atoms. The van der Waals surface area contributed by atoms with Crippen LogP contribution in [0.1, 0.15) is 50.3 Å². The van der Waals surface area contributed by atoms with Crippen molar-refractivity contribution in [1.29, 1.82) is 0 Å². The zero-order valence-electron chi connectivity index (χ0n) is 16.5. The maximum absolute atomic E-state index is 14.2. The van der Waals surface area contributed by atoms with E-state index in [0.717, 1.165) is 18.4 Å². The molecule has 0 aliphatic carbocycles. The van der Waals surface area contributed by atoms with E-state index in [0.29, 0.717) is 18.5 Å². The molecule has 1 fully saturated rings. The minimum Gasteiger partial charge on any atom is -0.353 e. The van der Waals surface area contributed by atoms with E-state index in [9.17, 15) is 14.0 Å². The maximum Gasteiger partial charge on any atom is 0.247 e. The summed E-state index contributed by atoms with van der Waals surface area (Å²) in [7, 11) is 0. The van der Waals surface area contributed by atoms with Gasteiger partial charge in [-0.25, -0.2) is 4.39 Å². The zero-order valence-corrected chi connectivity index (χ0v) is 16.5. The second kappa shape index (κ2) is 8.55. The van der Waals surface area contributed by atoms with Gasteiger partial charge in [-0.2, -0.15) is 0 Å². The van der Waals surface area contributed by atoms with Crippen molar-refractivity contribution < 1.29 is 14.0 Å². The van der Waals surface area contributed by atoms with E-state index in [1.54, 1.807) is 23.1 Å². The summed E-state index contributed by atoms with van der Waals surface area (Å²) in [5.74, 6) is -0.512. The molecule has 2 amide bonds. The van der Waals surface area contributed by atoms with Crippen LogP contribution in [0.4, 0.5) is 4.39 Å². The topological polar surface area (TPSA) is 49.4 Å². The van der Waals surface area contributed by atoms with Crippen molar-refractivity contribution in [2.75, 3.05) is 13.1 Å². The summed E-state index contributed by atoms with van der Waals surface area (Å²) in [5, 5.41) is 2.97. The van der Waals surface area contributed by atoms with E-state index >= 15 is 0 Å². The highest BCUT2D eigenvalue weighted by Gasteiger charge is 2.34.